The number of nitrogens with zero attached hydrogens (tertiary/aromatic N) is 4. The number of likely N-dealkylation sites (N-methyl/N-ethyl adjacent to an activating group) is 1. The second kappa shape index (κ2) is 14.8. The molecule has 1 unspecified atom stereocenters. The number of anilines is 2. The van der Waals surface area contributed by atoms with Crippen LogP contribution in [0.2, 0.25) is 5.02 Å². The van der Waals surface area contributed by atoms with Crippen molar-refractivity contribution in [2.45, 2.75) is 54.9 Å². The summed E-state index contributed by atoms with van der Waals surface area (Å²) in [4.78, 5) is 9.22. The molecule has 1 heterocycles. The van der Waals surface area contributed by atoms with E-state index in [1.54, 1.807) is 24.3 Å². The molecule has 0 aliphatic heterocycles. The fourth-order valence-electron chi connectivity index (χ4n) is 6.29. The van der Waals surface area contributed by atoms with Gasteiger partial charge in [-0.2, -0.15) is 13.2 Å². The van der Waals surface area contributed by atoms with Crippen molar-refractivity contribution in [3.05, 3.63) is 101 Å². The maximum absolute atomic E-state index is 15.9. The van der Waals surface area contributed by atoms with Crippen molar-refractivity contribution in [1.29, 1.82) is 0 Å². The molecule has 4 aromatic rings. The van der Waals surface area contributed by atoms with Gasteiger partial charge in [-0.05, 0) is 75.2 Å². The minimum Gasteiger partial charge on any atom is -0.497 e. The highest BCUT2D eigenvalue weighted by Crippen LogP contribution is 2.43. The zero-order chi connectivity index (χ0) is 35.5. The molecule has 1 saturated carbocycles. The monoisotopic (exact) mass is 721 g/mol. The average Bonchev–Trinajstić information content (AvgIpc) is 3.08. The van der Waals surface area contributed by atoms with Crippen LogP contribution in [-0.4, -0.2) is 63.7 Å². The Morgan fingerprint density at radius 2 is 1.78 bits per heavy atom. The van der Waals surface area contributed by atoms with Crippen molar-refractivity contribution < 1.29 is 35.5 Å². The minimum atomic E-state index is -4.61. The zero-order valence-corrected chi connectivity index (χ0v) is 28.8. The predicted molar refractivity (Wildman–Crippen MR) is 179 cm³/mol. The Balaban J connectivity index is 1.43. The second-order valence-corrected chi connectivity index (χ2v) is 14.1. The number of benzene rings is 3. The highest BCUT2D eigenvalue weighted by molar-refractivity contribution is 7.92. The maximum atomic E-state index is 15.9. The van der Waals surface area contributed by atoms with Gasteiger partial charge < -0.3 is 19.7 Å². The van der Waals surface area contributed by atoms with Crippen LogP contribution in [-0.2, 0) is 22.7 Å². The Hall–Kier alpha value is -4.14. The number of aromatic nitrogens is 2. The van der Waals surface area contributed by atoms with Gasteiger partial charge in [-0.3, -0.25) is 0 Å². The first kappa shape index (κ1) is 36.1. The van der Waals surface area contributed by atoms with Gasteiger partial charge in [0.25, 0.3) is 10.0 Å². The first-order chi connectivity index (χ1) is 23.2. The summed E-state index contributed by atoms with van der Waals surface area (Å²) in [6.07, 6.45) is -0.613. The molecule has 3 aromatic carbocycles. The topological polar surface area (TPSA) is 96.9 Å². The minimum absolute atomic E-state index is 0.0109. The quantitative estimate of drug-likeness (QED) is 0.160. The van der Waals surface area contributed by atoms with Gasteiger partial charge in [-0.15, -0.1) is 0 Å². The third kappa shape index (κ3) is 7.86. The summed E-state index contributed by atoms with van der Waals surface area (Å²) in [7, 11) is 1.97. The number of ether oxygens (including phenoxy) is 2. The lowest BCUT2D eigenvalue weighted by Gasteiger charge is -2.41. The summed E-state index contributed by atoms with van der Waals surface area (Å²) in [5.41, 5.74) is 0.222. The Bertz CT molecular complexity index is 1880. The number of halogens is 5. The third-order valence-corrected chi connectivity index (χ3v) is 10.8. The van der Waals surface area contributed by atoms with Crippen LogP contribution in [0.4, 0.5) is 29.1 Å². The average molecular weight is 722 g/mol. The Morgan fingerprint density at radius 3 is 2.43 bits per heavy atom. The molecule has 15 heteroatoms. The molecule has 49 heavy (non-hydrogen) atoms. The fraction of sp³-hybridized carbons (Fsp3) is 0.353. The molecule has 1 aliphatic rings. The number of nitrogens with one attached hydrogen (secondary N) is 1. The van der Waals surface area contributed by atoms with E-state index in [9.17, 15) is 21.6 Å². The van der Waals surface area contributed by atoms with E-state index >= 15 is 4.39 Å². The first-order valence-electron chi connectivity index (χ1n) is 15.3. The lowest BCUT2D eigenvalue weighted by molar-refractivity contribution is -0.138. The smallest absolute Gasteiger partial charge is 0.416 e. The van der Waals surface area contributed by atoms with Gasteiger partial charge in [-0.1, -0.05) is 29.8 Å². The Morgan fingerprint density at radius 1 is 1.02 bits per heavy atom. The van der Waals surface area contributed by atoms with E-state index in [1.165, 1.54) is 44.9 Å². The summed E-state index contributed by atoms with van der Waals surface area (Å²) >= 11 is 6.63. The highest BCUT2D eigenvalue weighted by Gasteiger charge is 2.39. The molecule has 3 atom stereocenters. The molecule has 0 spiro atoms. The standard InChI is InChI=1S/C34H36ClF4N5O4S/c1-43(2)30-15-21(24-7-5-6-8-25(24)34(37,38)39)10-12-28(30)42-29-18-27(36)32(17-26(29)35)49(45,46)44(33-13-14-40-20-41-33)19-22-9-11-23(47-3)16-31(22)48-4/h5-9,11,13-14,16-18,20-21,28,30,42H,10,12,15,19H2,1-4H3/t21-,28?,30-/m0/s1. The number of methoxy groups -OCH3 is 2. The molecule has 9 nitrogen and oxygen atoms in total. The van der Waals surface area contributed by atoms with E-state index in [2.05, 4.69) is 15.3 Å². The molecule has 0 amide bonds. The molecule has 0 bridgehead atoms. The number of hydrogen-bond donors (Lipinski definition) is 1. The molecule has 1 aromatic heterocycles. The highest BCUT2D eigenvalue weighted by atomic mass is 35.5. The van der Waals surface area contributed by atoms with E-state index in [1.807, 2.05) is 19.0 Å². The SMILES string of the molecule is COc1ccc(CN(c2ccncn2)S(=O)(=O)c2cc(Cl)c(NC3CC[C@H](c4ccccc4C(F)(F)F)C[C@@H]3N(C)C)cc2F)c(OC)c1. The molecule has 262 valence electrons. The largest absolute Gasteiger partial charge is 0.497 e. The van der Waals surface area contributed by atoms with Crippen molar-refractivity contribution in [3.63, 3.8) is 0 Å². The lowest BCUT2D eigenvalue weighted by atomic mass is 9.76. The predicted octanol–water partition coefficient (Wildman–Crippen LogP) is 7.38. The molecule has 0 saturated heterocycles. The van der Waals surface area contributed by atoms with Gasteiger partial charge in [0.1, 0.15) is 34.4 Å². The van der Waals surface area contributed by atoms with Crippen LogP contribution in [0, 0.1) is 5.82 Å². The van der Waals surface area contributed by atoms with E-state index in [0.717, 1.165) is 22.5 Å². The van der Waals surface area contributed by atoms with Crippen LogP contribution < -0.4 is 19.1 Å². The zero-order valence-electron chi connectivity index (χ0n) is 27.2. The van der Waals surface area contributed by atoms with E-state index in [4.69, 9.17) is 21.1 Å². The van der Waals surface area contributed by atoms with Crippen molar-refractivity contribution in [2.24, 2.45) is 0 Å². The molecular formula is C34H36ClF4N5O4S. The van der Waals surface area contributed by atoms with Crippen LogP contribution in [0.25, 0.3) is 0 Å². The van der Waals surface area contributed by atoms with Crippen molar-refractivity contribution in [2.75, 3.05) is 37.9 Å². The number of hydrogen-bond acceptors (Lipinski definition) is 8. The van der Waals surface area contributed by atoms with Gasteiger partial charge in [0.05, 0.1) is 37.0 Å². The number of sulfonamides is 1. The van der Waals surface area contributed by atoms with Crippen LogP contribution >= 0.6 is 11.6 Å². The fourth-order valence-corrected chi connectivity index (χ4v) is 8.05. The molecule has 5 rings (SSSR count). The van der Waals surface area contributed by atoms with E-state index in [-0.39, 0.29) is 46.6 Å². The van der Waals surface area contributed by atoms with E-state index in [0.29, 0.717) is 36.3 Å². The van der Waals surface area contributed by atoms with Crippen molar-refractivity contribution in [1.82, 2.24) is 14.9 Å². The van der Waals surface area contributed by atoms with Crippen LogP contribution in [0.15, 0.2) is 78.1 Å². The van der Waals surface area contributed by atoms with Gasteiger partial charge in [0.2, 0.25) is 0 Å². The normalized spacial score (nSPS) is 18.3. The summed E-state index contributed by atoms with van der Waals surface area (Å²) < 4.78 is 97.3. The summed E-state index contributed by atoms with van der Waals surface area (Å²) in [5.74, 6) is -0.571. The van der Waals surface area contributed by atoms with Crippen LogP contribution in [0.1, 0.15) is 41.9 Å². The summed E-state index contributed by atoms with van der Waals surface area (Å²) in [6.45, 7) is -0.269. The number of rotatable bonds is 11. The summed E-state index contributed by atoms with van der Waals surface area (Å²) in [5, 5.41) is 3.20. The molecular weight excluding hydrogens is 686 g/mol. The van der Waals surface area contributed by atoms with Gasteiger partial charge in [0, 0.05) is 36.0 Å². The van der Waals surface area contributed by atoms with Crippen molar-refractivity contribution >= 4 is 33.1 Å². The van der Waals surface area contributed by atoms with Crippen LogP contribution in [0.5, 0.6) is 11.5 Å². The molecule has 1 N–H and O–H groups in total. The maximum Gasteiger partial charge on any atom is 0.416 e. The van der Waals surface area contributed by atoms with Gasteiger partial charge in [-0.25, -0.2) is 27.1 Å². The van der Waals surface area contributed by atoms with Gasteiger partial charge >= 0.3 is 6.18 Å². The molecule has 1 fully saturated rings. The van der Waals surface area contributed by atoms with E-state index < -0.39 is 32.5 Å². The Labute approximate surface area is 287 Å². The summed E-state index contributed by atoms with van der Waals surface area (Å²) in [6, 6.07) is 13.4. The second-order valence-electron chi connectivity index (χ2n) is 11.9. The Kier molecular flexibility index (Phi) is 10.9. The first-order valence-corrected chi connectivity index (χ1v) is 17.1. The molecule has 0 radical (unpaired) electrons. The lowest BCUT2D eigenvalue weighted by Crippen LogP contribution is -2.47. The van der Waals surface area contributed by atoms with Gasteiger partial charge in [0.15, 0.2) is 0 Å². The molecule has 1 aliphatic carbocycles. The third-order valence-electron chi connectivity index (χ3n) is 8.75. The van der Waals surface area contributed by atoms with Crippen molar-refractivity contribution in [3.8, 4) is 11.5 Å². The van der Waals surface area contributed by atoms with Crippen LogP contribution in [0.3, 0.4) is 0 Å². The number of alkyl halides is 3.